The molecular formula is C12H21Cl2NO4. The largest absolute Gasteiger partial charge is 0.494 e. The lowest BCUT2D eigenvalue weighted by Gasteiger charge is -2.26. The van der Waals surface area contributed by atoms with Gasteiger partial charge >= 0.3 is 0 Å². The maximum Gasteiger partial charge on any atom is 0.145 e. The molecule has 0 atom stereocenters. The number of nitrogens with zero attached hydrogens (tertiary/aromatic N) is 1. The average molecular weight is 314 g/mol. The first-order valence-corrected chi connectivity index (χ1v) is 5.46. The van der Waals surface area contributed by atoms with E-state index >= 15 is 0 Å². The zero-order chi connectivity index (χ0) is 12.7. The Bertz CT molecular complexity index is 324. The minimum Gasteiger partial charge on any atom is -0.494 e. The monoisotopic (exact) mass is 313 g/mol. The van der Waals surface area contributed by atoms with Crippen LogP contribution in [0.1, 0.15) is 0 Å². The van der Waals surface area contributed by atoms with E-state index in [2.05, 4.69) is 0 Å². The van der Waals surface area contributed by atoms with Gasteiger partial charge in [0.2, 0.25) is 0 Å². The summed E-state index contributed by atoms with van der Waals surface area (Å²) in [7, 11) is 3.16. The lowest BCUT2D eigenvalue weighted by atomic mass is 10.2. The molecule has 5 nitrogen and oxygen atoms in total. The van der Waals surface area contributed by atoms with Crippen LogP contribution in [0.25, 0.3) is 0 Å². The van der Waals surface area contributed by atoms with Crippen LogP contribution in [0.15, 0.2) is 18.2 Å². The van der Waals surface area contributed by atoms with Gasteiger partial charge in [0.1, 0.15) is 17.2 Å². The highest BCUT2D eigenvalue weighted by Gasteiger charge is 2.16. The molecule has 1 aromatic rings. The van der Waals surface area contributed by atoms with Crippen molar-refractivity contribution in [2.45, 2.75) is 0 Å². The quantitative estimate of drug-likeness (QED) is 0.795. The molecule has 0 aliphatic carbocycles. The Morgan fingerprint density at radius 2 is 1.37 bits per heavy atom. The second-order valence-electron chi connectivity index (χ2n) is 3.45. The molecule has 0 amide bonds. The number of hydrogen-bond donors (Lipinski definition) is 2. The fourth-order valence-corrected chi connectivity index (χ4v) is 1.72. The maximum absolute atomic E-state index is 9.05. The molecule has 0 unspecified atom stereocenters. The lowest BCUT2D eigenvalue weighted by molar-refractivity contribution is 0.279. The maximum atomic E-state index is 9.05. The summed E-state index contributed by atoms with van der Waals surface area (Å²) >= 11 is 0. The van der Waals surface area contributed by atoms with Crippen LogP contribution in [0.4, 0.5) is 5.69 Å². The number of aliphatic hydroxyl groups is 2. The number of rotatable bonds is 7. The molecule has 19 heavy (non-hydrogen) atoms. The Morgan fingerprint density at radius 3 is 1.68 bits per heavy atom. The van der Waals surface area contributed by atoms with Crippen LogP contribution < -0.4 is 14.4 Å². The van der Waals surface area contributed by atoms with Gasteiger partial charge in [-0.05, 0) is 12.1 Å². The summed E-state index contributed by atoms with van der Waals surface area (Å²) < 4.78 is 10.6. The van der Waals surface area contributed by atoms with Crippen molar-refractivity contribution in [2.24, 2.45) is 0 Å². The molecule has 0 fully saturated rings. The molecule has 0 spiro atoms. The smallest absolute Gasteiger partial charge is 0.145 e. The number of ether oxygens (including phenoxy) is 2. The molecule has 0 heterocycles. The lowest BCUT2D eigenvalue weighted by Crippen LogP contribution is -2.30. The van der Waals surface area contributed by atoms with Gasteiger partial charge in [-0.3, -0.25) is 0 Å². The zero-order valence-corrected chi connectivity index (χ0v) is 12.7. The predicted molar refractivity (Wildman–Crippen MR) is 80.4 cm³/mol. The minimum atomic E-state index is 0. The van der Waals surface area contributed by atoms with Crippen LogP contribution in [0, 0.1) is 0 Å². The van der Waals surface area contributed by atoms with Crippen molar-refractivity contribution in [1.29, 1.82) is 0 Å². The molecule has 7 heteroatoms. The highest BCUT2D eigenvalue weighted by molar-refractivity contribution is 5.85. The van der Waals surface area contributed by atoms with Gasteiger partial charge in [0.15, 0.2) is 0 Å². The standard InChI is InChI=1S/C12H19NO4.2ClH/c1-16-10-4-3-5-11(17-2)12(10)13(6-8-14)7-9-15;;/h3-5,14-15H,6-9H2,1-2H3;2*1H. The number of hydrogen-bond acceptors (Lipinski definition) is 5. The van der Waals surface area contributed by atoms with Crippen molar-refractivity contribution in [3.05, 3.63) is 18.2 Å². The second kappa shape index (κ2) is 11.0. The van der Waals surface area contributed by atoms with E-state index in [9.17, 15) is 0 Å². The Balaban J connectivity index is 0. The van der Waals surface area contributed by atoms with Gasteiger partial charge in [-0.2, -0.15) is 0 Å². The van der Waals surface area contributed by atoms with Crippen molar-refractivity contribution in [3.8, 4) is 11.5 Å². The molecule has 0 aliphatic heterocycles. The molecule has 0 aliphatic rings. The van der Waals surface area contributed by atoms with Gasteiger partial charge in [0.05, 0.1) is 27.4 Å². The van der Waals surface area contributed by atoms with Gasteiger partial charge in [-0.1, -0.05) is 6.07 Å². The van der Waals surface area contributed by atoms with Crippen molar-refractivity contribution in [2.75, 3.05) is 45.4 Å². The van der Waals surface area contributed by atoms with E-state index in [-0.39, 0.29) is 38.0 Å². The number of methoxy groups -OCH3 is 2. The first-order valence-electron chi connectivity index (χ1n) is 5.46. The fraction of sp³-hybridized carbons (Fsp3) is 0.500. The Labute approximate surface area is 126 Å². The molecule has 112 valence electrons. The number of para-hydroxylation sites is 1. The summed E-state index contributed by atoms with van der Waals surface area (Å²) in [6, 6.07) is 5.47. The van der Waals surface area contributed by atoms with Crippen molar-refractivity contribution in [3.63, 3.8) is 0 Å². The van der Waals surface area contributed by atoms with Crippen LogP contribution in [0.3, 0.4) is 0 Å². The van der Waals surface area contributed by atoms with Crippen LogP contribution >= 0.6 is 24.8 Å². The van der Waals surface area contributed by atoms with Crippen molar-refractivity contribution >= 4 is 30.5 Å². The number of benzene rings is 1. The van der Waals surface area contributed by atoms with Crippen LogP contribution in [0.2, 0.25) is 0 Å². The van der Waals surface area contributed by atoms with E-state index in [4.69, 9.17) is 19.7 Å². The van der Waals surface area contributed by atoms with Crippen molar-refractivity contribution < 1.29 is 19.7 Å². The first kappa shape index (κ1) is 20.4. The van der Waals surface area contributed by atoms with Crippen LogP contribution in [-0.4, -0.2) is 50.7 Å². The molecule has 0 aromatic heterocycles. The third kappa shape index (κ3) is 5.32. The Hall–Kier alpha value is -0.880. The van der Waals surface area contributed by atoms with E-state index in [1.807, 2.05) is 23.1 Å². The van der Waals surface area contributed by atoms with Crippen LogP contribution in [0.5, 0.6) is 11.5 Å². The number of anilines is 1. The molecule has 0 bridgehead atoms. The summed E-state index contributed by atoms with van der Waals surface area (Å²) in [6.45, 7) is 0.830. The number of aliphatic hydroxyl groups excluding tert-OH is 2. The Kier molecular flexibility index (Phi) is 11.8. The summed E-state index contributed by atoms with van der Waals surface area (Å²) in [5.41, 5.74) is 0.751. The first-order chi connectivity index (χ1) is 8.28. The predicted octanol–water partition coefficient (Wildman–Crippen LogP) is 1.34. The minimum absolute atomic E-state index is 0. The normalized spacial score (nSPS) is 9.05. The third-order valence-corrected chi connectivity index (χ3v) is 2.46. The van der Waals surface area contributed by atoms with E-state index in [1.54, 1.807) is 14.2 Å². The van der Waals surface area contributed by atoms with E-state index in [0.717, 1.165) is 5.69 Å². The molecule has 0 radical (unpaired) electrons. The molecule has 2 N–H and O–H groups in total. The highest BCUT2D eigenvalue weighted by Crippen LogP contribution is 2.37. The summed E-state index contributed by atoms with van der Waals surface area (Å²) in [5, 5.41) is 18.1. The fourth-order valence-electron chi connectivity index (χ4n) is 1.72. The van der Waals surface area contributed by atoms with Gasteiger partial charge in [-0.15, -0.1) is 24.8 Å². The van der Waals surface area contributed by atoms with Gasteiger partial charge in [0.25, 0.3) is 0 Å². The molecule has 0 saturated carbocycles. The van der Waals surface area contributed by atoms with Crippen molar-refractivity contribution in [1.82, 2.24) is 0 Å². The van der Waals surface area contributed by atoms with Gasteiger partial charge < -0.3 is 24.6 Å². The molecular weight excluding hydrogens is 293 g/mol. The zero-order valence-electron chi connectivity index (χ0n) is 11.0. The van der Waals surface area contributed by atoms with E-state index in [1.165, 1.54) is 0 Å². The van der Waals surface area contributed by atoms with Crippen LogP contribution in [-0.2, 0) is 0 Å². The topological polar surface area (TPSA) is 62.2 Å². The highest BCUT2D eigenvalue weighted by atomic mass is 35.5. The summed E-state index contributed by atoms with van der Waals surface area (Å²) in [5.74, 6) is 1.32. The average Bonchev–Trinajstić information content (AvgIpc) is 2.37. The second-order valence-corrected chi connectivity index (χ2v) is 3.45. The van der Waals surface area contributed by atoms with E-state index in [0.29, 0.717) is 24.6 Å². The van der Waals surface area contributed by atoms with Gasteiger partial charge in [0, 0.05) is 13.1 Å². The Morgan fingerprint density at radius 1 is 0.947 bits per heavy atom. The summed E-state index contributed by atoms with van der Waals surface area (Å²) in [4.78, 5) is 1.83. The molecule has 1 rings (SSSR count). The molecule has 1 aromatic carbocycles. The SMILES string of the molecule is COc1cccc(OC)c1N(CCO)CCO.Cl.Cl. The van der Waals surface area contributed by atoms with E-state index < -0.39 is 0 Å². The summed E-state index contributed by atoms with van der Waals surface area (Å²) in [6.07, 6.45) is 0. The molecule has 0 saturated heterocycles. The number of halogens is 2. The third-order valence-electron chi connectivity index (χ3n) is 2.46. The van der Waals surface area contributed by atoms with Gasteiger partial charge in [-0.25, -0.2) is 0 Å².